The molecule has 4 rings (SSSR count). The molecule has 0 saturated carbocycles. The van der Waals surface area contributed by atoms with Gasteiger partial charge in [0, 0.05) is 31.5 Å². The number of alkyl halides is 3. The minimum Gasteiger partial charge on any atom is -0.481 e. The summed E-state index contributed by atoms with van der Waals surface area (Å²) in [6.07, 6.45) is -0.383. The quantitative estimate of drug-likeness (QED) is 0.878. The van der Waals surface area contributed by atoms with Crippen LogP contribution in [-0.4, -0.2) is 52.9 Å². The van der Waals surface area contributed by atoms with E-state index in [-0.39, 0.29) is 43.4 Å². The van der Waals surface area contributed by atoms with E-state index in [4.69, 9.17) is 5.11 Å². The molecule has 0 spiro atoms. The molecular weight excluding hydrogens is 349 g/mol. The van der Waals surface area contributed by atoms with Gasteiger partial charge in [-0.05, 0) is 25.7 Å². The second-order valence-corrected chi connectivity index (χ2v) is 7.49. The molecule has 142 valence electrons. The van der Waals surface area contributed by atoms with Crippen LogP contribution in [0.1, 0.15) is 37.4 Å². The maximum absolute atomic E-state index is 14.3. The van der Waals surface area contributed by atoms with Crippen molar-refractivity contribution in [3.05, 3.63) is 11.3 Å². The van der Waals surface area contributed by atoms with Crippen molar-refractivity contribution in [2.45, 2.75) is 50.7 Å². The van der Waals surface area contributed by atoms with Gasteiger partial charge >= 0.3 is 5.97 Å². The molecule has 6 nitrogen and oxygen atoms in total. The topological polar surface area (TPSA) is 69.6 Å². The number of halogens is 3. The van der Waals surface area contributed by atoms with Gasteiger partial charge in [-0.1, -0.05) is 0 Å². The summed E-state index contributed by atoms with van der Waals surface area (Å²) in [6, 6.07) is -0.436. The molecule has 1 aromatic heterocycles. The number of nitrogens with zero attached hydrogens (tertiary/aromatic N) is 4. The van der Waals surface area contributed by atoms with Crippen molar-refractivity contribution in [2.24, 2.45) is 5.92 Å². The van der Waals surface area contributed by atoms with Gasteiger partial charge in [0.15, 0.2) is 0 Å². The summed E-state index contributed by atoms with van der Waals surface area (Å²) in [7, 11) is 0. The van der Waals surface area contributed by atoms with Gasteiger partial charge in [-0.3, -0.25) is 4.79 Å². The molecule has 3 atom stereocenters. The van der Waals surface area contributed by atoms with Crippen LogP contribution in [0.2, 0.25) is 0 Å². The number of hydrogen-bond donors (Lipinski definition) is 1. The Morgan fingerprint density at radius 3 is 2.77 bits per heavy atom. The van der Waals surface area contributed by atoms with E-state index in [1.165, 1.54) is 0 Å². The Labute approximate surface area is 149 Å². The molecule has 0 radical (unpaired) electrons. The number of carbonyl (C=O) groups is 1. The van der Waals surface area contributed by atoms with Crippen LogP contribution in [0.15, 0.2) is 0 Å². The highest BCUT2D eigenvalue weighted by Crippen LogP contribution is 2.45. The van der Waals surface area contributed by atoms with E-state index < -0.39 is 24.1 Å². The molecule has 0 amide bonds. The lowest BCUT2D eigenvalue weighted by Gasteiger charge is -2.42. The monoisotopic (exact) mass is 370 g/mol. The predicted molar refractivity (Wildman–Crippen MR) is 88.5 cm³/mol. The summed E-state index contributed by atoms with van der Waals surface area (Å²) in [5.74, 6) is -3.29. The van der Waals surface area contributed by atoms with Crippen LogP contribution >= 0.6 is 0 Å². The second-order valence-electron chi connectivity index (χ2n) is 7.49. The van der Waals surface area contributed by atoms with Crippen LogP contribution in [0, 0.1) is 5.92 Å². The summed E-state index contributed by atoms with van der Waals surface area (Å²) < 4.78 is 42.2. The van der Waals surface area contributed by atoms with Gasteiger partial charge < -0.3 is 14.9 Å². The maximum atomic E-state index is 14.3. The lowest BCUT2D eigenvalue weighted by atomic mass is 10.0. The number of rotatable bonds is 4. The number of carboxylic acid groups (broad SMARTS) is 1. The molecule has 2 saturated heterocycles. The van der Waals surface area contributed by atoms with Crippen molar-refractivity contribution < 1.29 is 23.1 Å². The van der Waals surface area contributed by atoms with E-state index in [1.54, 1.807) is 11.8 Å². The number of hydrogen-bond acceptors (Lipinski definition) is 5. The first-order valence-electron chi connectivity index (χ1n) is 8.93. The van der Waals surface area contributed by atoms with Crippen LogP contribution in [0.4, 0.5) is 24.9 Å². The third kappa shape index (κ3) is 2.77. The van der Waals surface area contributed by atoms with Gasteiger partial charge in [0.2, 0.25) is 5.95 Å². The molecule has 3 aliphatic rings. The standard InChI is InChI=1S/C17H21F3N4O2/c1-9-12(18)8-24(9)16-21-14-11(2-4-17(14,19)20)15(22-16)23-5-3-10(7-23)6-13(25)26/h9-10,12H,2-8H2,1H3,(H,25,26)/t9-,10-,12+/m0/s1. The second kappa shape index (κ2) is 5.99. The number of aromatic nitrogens is 2. The SMILES string of the molecule is C[C@H]1[C@H](F)CN1c1nc(N2CC[C@@H](CC(=O)O)C2)c2c(n1)C(F)(F)CC2. The summed E-state index contributed by atoms with van der Waals surface area (Å²) in [4.78, 5) is 23.0. The van der Waals surface area contributed by atoms with Crippen molar-refractivity contribution in [2.75, 3.05) is 29.4 Å². The minimum atomic E-state index is -3.01. The van der Waals surface area contributed by atoms with Crippen LogP contribution in [0.25, 0.3) is 0 Å². The highest BCUT2D eigenvalue weighted by molar-refractivity contribution is 5.67. The van der Waals surface area contributed by atoms with Gasteiger partial charge in [-0.15, -0.1) is 0 Å². The smallest absolute Gasteiger partial charge is 0.303 e. The van der Waals surface area contributed by atoms with E-state index in [9.17, 15) is 18.0 Å². The van der Waals surface area contributed by atoms with Crippen molar-refractivity contribution in [1.29, 1.82) is 0 Å². The fourth-order valence-corrected chi connectivity index (χ4v) is 4.05. The molecule has 1 aliphatic carbocycles. The summed E-state index contributed by atoms with van der Waals surface area (Å²) in [6.45, 7) is 2.84. The Hall–Kier alpha value is -2.06. The molecule has 2 aliphatic heterocycles. The van der Waals surface area contributed by atoms with E-state index in [0.717, 1.165) is 0 Å². The Morgan fingerprint density at radius 2 is 2.12 bits per heavy atom. The highest BCUT2D eigenvalue weighted by Gasteiger charge is 2.46. The first-order valence-corrected chi connectivity index (χ1v) is 8.93. The van der Waals surface area contributed by atoms with Crippen molar-refractivity contribution >= 4 is 17.7 Å². The van der Waals surface area contributed by atoms with Crippen molar-refractivity contribution in [3.8, 4) is 0 Å². The molecule has 1 N–H and O–H groups in total. The Balaban J connectivity index is 1.68. The van der Waals surface area contributed by atoms with Gasteiger partial charge in [-0.2, -0.15) is 13.8 Å². The highest BCUT2D eigenvalue weighted by atomic mass is 19.3. The fraction of sp³-hybridized carbons (Fsp3) is 0.706. The number of fused-ring (bicyclic) bond motifs is 1. The van der Waals surface area contributed by atoms with E-state index in [2.05, 4.69) is 9.97 Å². The third-order valence-electron chi connectivity index (χ3n) is 5.70. The zero-order valence-electron chi connectivity index (χ0n) is 14.5. The van der Waals surface area contributed by atoms with E-state index >= 15 is 0 Å². The van der Waals surface area contributed by atoms with Crippen LogP contribution in [0.3, 0.4) is 0 Å². The predicted octanol–water partition coefficient (Wildman–Crippen LogP) is 2.36. The number of aliphatic carboxylic acids is 1. The Morgan fingerprint density at radius 1 is 1.35 bits per heavy atom. The largest absolute Gasteiger partial charge is 0.481 e. The van der Waals surface area contributed by atoms with Crippen molar-refractivity contribution in [1.82, 2.24) is 9.97 Å². The third-order valence-corrected chi connectivity index (χ3v) is 5.70. The minimum absolute atomic E-state index is 0.0263. The van der Waals surface area contributed by atoms with Crippen LogP contribution < -0.4 is 9.80 Å². The zero-order valence-corrected chi connectivity index (χ0v) is 14.5. The van der Waals surface area contributed by atoms with Crippen LogP contribution in [0.5, 0.6) is 0 Å². The summed E-state index contributed by atoms with van der Waals surface area (Å²) in [5.41, 5.74) is 0.188. The molecule has 0 aromatic carbocycles. The number of carboxylic acids is 1. The molecule has 0 unspecified atom stereocenters. The van der Waals surface area contributed by atoms with Gasteiger partial charge in [0.25, 0.3) is 5.92 Å². The molecule has 9 heteroatoms. The molecule has 0 bridgehead atoms. The first-order chi connectivity index (χ1) is 12.3. The van der Waals surface area contributed by atoms with E-state index in [1.807, 2.05) is 4.90 Å². The van der Waals surface area contributed by atoms with Gasteiger partial charge in [-0.25, -0.2) is 9.37 Å². The molecule has 26 heavy (non-hydrogen) atoms. The molecule has 1 aromatic rings. The lowest BCUT2D eigenvalue weighted by Crippen LogP contribution is -2.57. The normalized spacial score (nSPS) is 29.6. The maximum Gasteiger partial charge on any atom is 0.303 e. The summed E-state index contributed by atoms with van der Waals surface area (Å²) >= 11 is 0. The average Bonchev–Trinajstić information content (AvgIpc) is 3.15. The lowest BCUT2D eigenvalue weighted by molar-refractivity contribution is -0.137. The summed E-state index contributed by atoms with van der Waals surface area (Å²) in [5, 5.41) is 8.98. The van der Waals surface area contributed by atoms with E-state index in [0.29, 0.717) is 30.9 Å². The van der Waals surface area contributed by atoms with Crippen molar-refractivity contribution in [3.63, 3.8) is 0 Å². The fourth-order valence-electron chi connectivity index (χ4n) is 4.05. The Kier molecular flexibility index (Phi) is 4.00. The average molecular weight is 370 g/mol. The molecular formula is C17H21F3N4O2. The Bertz CT molecular complexity index is 745. The number of anilines is 2. The molecule has 3 heterocycles. The van der Waals surface area contributed by atoms with Gasteiger partial charge in [0.1, 0.15) is 17.7 Å². The molecule has 2 fully saturated rings. The first kappa shape index (κ1) is 17.4. The van der Waals surface area contributed by atoms with Crippen LogP contribution in [-0.2, 0) is 17.1 Å². The zero-order chi connectivity index (χ0) is 18.6. The van der Waals surface area contributed by atoms with Gasteiger partial charge in [0.05, 0.1) is 12.6 Å².